The molecule has 5 aliphatic rings. The van der Waals surface area contributed by atoms with Crippen LogP contribution in [-0.4, -0.2) is 109 Å². The van der Waals surface area contributed by atoms with Gasteiger partial charge in [-0.15, -0.1) is 0 Å². The number of nitrogens with two attached hydrogens (primary N) is 3. The average molecular weight is 679 g/mol. The van der Waals surface area contributed by atoms with Crippen molar-refractivity contribution in [3.63, 3.8) is 0 Å². The molecule has 0 aromatic rings. The van der Waals surface area contributed by atoms with Gasteiger partial charge in [0.25, 0.3) is 0 Å². The lowest BCUT2D eigenvalue weighted by Gasteiger charge is -2.47. The largest absolute Gasteiger partial charge is 0.462 e. The second-order valence-electron chi connectivity index (χ2n) is 15.9. The van der Waals surface area contributed by atoms with E-state index >= 15 is 0 Å². The molecule has 8 unspecified atom stereocenters. The molecule has 4 heterocycles. The van der Waals surface area contributed by atoms with Crippen LogP contribution in [0.4, 0.5) is 0 Å². The highest BCUT2D eigenvalue weighted by Crippen LogP contribution is 2.55. The van der Waals surface area contributed by atoms with Gasteiger partial charge in [-0.2, -0.15) is 0 Å². The summed E-state index contributed by atoms with van der Waals surface area (Å²) >= 11 is 0. The number of aliphatic hydroxyl groups excluding tert-OH is 2. The van der Waals surface area contributed by atoms with Gasteiger partial charge in [0, 0.05) is 69.4 Å². The van der Waals surface area contributed by atoms with Crippen molar-refractivity contribution in [1.82, 2.24) is 4.90 Å². The molecule has 0 spiro atoms. The minimum Gasteiger partial charge on any atom is -0.462 e. The highest BCUT2D eigenvalue weighted by molar-refractivity contribution is 5.88. The Morgan fingerprint density at radius 3 is 2.58 bits per heavy atom. The number of hydrogen-bond donors (Lipinski definition) is 5. The zero-order valence-electron chi connectivity index (χ0n) is 29.6. The molecule has 0 bridgehead atoms. The second kappa shape index (κ2) is 15.9. The summed E-state index contributed by atoms with van der Waals surface area (Å²) in [6.07, 6.45) is 7.39. The van der Waals surface area contributed by atoms with Crippen molar-refractivity contribution in [2.24, 2.45) is 41.2 Å². The Balaban J connectivity index is 1.38. The van der Waals surface area contributed by atoms with E-state index in [2.05, 4.69) is 17.7 Å². The van der Waals surface area contributed by atoms with Gasteiger partial charge >= 0.3 is 11.9 Å². The molecular weight excluding hydrogens is 616 g/mol. The van der Waals surface area contributed by atoms with Crippen LogP contribution in [0.25, 0.3) is 0 Å². The summed E-state index contributed by atoms with van der Waals surface area (Å²) in [5.74, 6) is 0.564. The summed E-state index contributed by atoms with van der Waals surface area (Å²) in [5, 5.41) is 23.2. The van der Waals surface area contributed by atoms with Gasteiger partial charge in [-0.05, 0) is 77.0 Å². The van der Waals surface area contributed by atoms with Crippen molar-refractivity contribution in [3.8, 4) is 0 Å². The molecule has 0 aromatic carbocycles. The highest BCUT2D eigenvalue weighted by atomic mass is 16.6. The van der Waals surface area contributed by atoms with Gasteiger partial charge in [0.2, 0.25) is 5.91 Å². The maximum Gasteiger partial charge on any atom is 0.334 e. The Labute approximate surface area is 285 Å². The predicted molar refractivity (Wildman–Crippen MR) is 177 cm³/mol. The van der Waals surface area contributed by atoms with Crippen LogP contribution in [0.2, 0.25) is 0 Å². The lowest BCUT2D eigenvalue weighted by atomic mass is 9.66. The Bertz CT molecular complexity index is 1170. The number of hydrogen-bond acceptors (Lipinski definition) is 9. The third kappa shape index (κ3) is 8.10. The molecule has 8 N–H and O–H groups in total. The van der Waals surface area contributed by atoms with E-state index in [1.807, 2.05) is 18.7 Å². The number of amides is 1. The smallest absolute Gasteiger partial charge is 0.334 e. The van der Waals surface area contributed by atoms with Crippen LogP contribution in [0.5, 0.6) is 0 Å². The standard InChI is InChI=1S/C36H60N4O8/c1-5-23(8-10-42)34(45)48-35(2,3)36(16-26-13-31(37)39-19-28(26)14-32(43)40-20-22(21-40)18-38-4)17-27-12-25-11-24(7-6-9-41)33(44)46-29(25)15-30(27)47-36/h5,22,24-31,38-39,41-42H,6-21,37H2,1-4H3/p+2/t24?,25?,26?,27?,28?,29?,30?,31?,36-/m1/s1. The molecule has 4 saturated heterocycles. The number of carbonyl (C=O) groups is 3. The molecule has 0 aromatic heterocycles. The van der Waals surface area contributed by atoms with Gasteiger partial charge < -0.3 is 40.0 Å². The van der Waals surface area contributed by atoms with Crippen LogP contribution >= 0.6 is 0 Å². The number of fused-ring (bicyclic) bond motifs is 2. The van der Waals surface area contributed by atoms with Crippen LogP contribution in [0, 0.1) is 35.5 Å². The van der Waals surface area contributed by atoms with Crippen LogP contribution in [0.1, 0.15) is 85.0 Å². The predicted octanol–water partition coefficient (Wildman–Crippen LogP) is -0.189. The van der Waals surface area contributed by atoms with Gasteiger partial charge in [-0.3, -0.25) is 15.3 Å². The third-order valence-electron chi connectivity index (χ3n) is 12.3. The zero-order chi connectivity index (χ0) is 34.6. The molecule has 0 radical (unpaired) electrons. The van der Waals surface area contributed by atoms with Crippen molar-refractivity contribution in [1.29, 1.82) is 0 Å². The minimum absolute atomic E-state index is 0.0608. The number of esters is 2. The molecule has 1 aliphatic carbocycles. The first-order chi connectivity index (χ1) is 22.9. The number of nitrogens with zero attached hydrogens (tertiary/aromatic N) is 1. The summed E-state index contributed by atoms with van der Waals surface area (Å²) in [4.78, 5) is 41.8. The summed E-state index contributed by atoms with van der Waals surface area (Å²) in [6, 6.07) is 0. The topological polar surface area (TPSA) is 182 Å². The molecule has 12 nitrogen and oxygen atoms in total. The first-order valence-corrected chi connectivity index (χ1v) is 18.6. The Hall–Kier alpha value is -2.09. The summed E-state index contributed by atoms with van der Waals surface area (Å²) in [6.45, 7) is 8.98. The quantitative estimate of drug-likeness (QED) is 0.123. The summed E-state index contributed by atoms with van der Waals surface area (Å²) in [7, 11) is 2.06. The zero-order valence-corrected chi connectivity index (χ0v) is 29.6. The van der Waals surface area contributed by atoms with E-state index in [0.29, 0.717) is 50.0 Å². The number of allylic oxidation sites excluding steroid dienone is 1. The van der Waals surface area contributed by atoms with Gasteiger partial charge in [-0.25, -0.2) is 4.79 Å². The number of aliphatic hydroxyl groups is 2. The highest BCUT2D eigenvalue weighted by Gasteiger charge is 2.61. The number of rotatable bonds is 14. The number of carbonyl (C=O) groups excluding carboxylic acids is 3. The van der Waals surface area contributed by atoms with Crippen LogP contribution in [-0.2, 0) is 28.6 Å². The van der Waals surface area contributed by atoms with E-state index in [-0.39, 0.29) is 79.5 Å². The number of quaternary nitrogens is 2. The van der Waals surface area contributed by atoms with E-state index in [0.717, 1.165) is 45.4 Å². The summed E-state index contributed by atoms with van der Waals surface area (Å²) in [5.41, 5.74) is 5.10. The number of ether oxygens (including phenoxy) is 3. The molecule has 272 valence electrons. The lowest BCUT2D eigenvalue weighted by Crippen LogP contribution is -2.96. The van der Waals surface area contributed by atoms with Crippen molar-refractivity contribution < 1.29 is 49.4 Å². The minimum atomic E-state index is -1.03. The van der Waals surface area contributed by atoms with Crippen molar-refractivity contribution in [2.45, 2.75) is 115 Å². The Morgan fingerprint density at radius 2 is 1.90 bits per heavy atom. The average Bonchev–Trinajstić information content (AvgIpc) is 3.38. The van der Waals surface area contributed by atoms with Gasteiger partial charge in [0.15, 0.2) is 0 Å². The van der Waals surface area contributed by atoms with Crippen LogP contribution < -0.4 is 16.4 Å². The fraction of sp³-hybridized carbons (Fsp3) is 0.861. The molecule has 1 saturated carbocycles. The molecule has 48 heavy (non-hydrogen) atoms. The number of likely N-dealkylation sites (tertiary alicyclic amines) is 1. The van der Waals surface area contributed by atoms with Gasteiger partial charge in [0.1, 0.15) is 23.5 Å². The van der Waals surface area contributed by atoms with Crippen molar-refractivity contribution >= 4 is 17.8 Å². The van der Waals surface area contributed by atoms with E-state index in [9.17, 15) is 24.6 Å². The van der Waals surface area contributed by atoms with E-state index in [1.165, 1.54) is 0 Å². The van der Waals surface area contributed by atoms with Crippen molar-refractivity contribution in [2.75, 3.05) is 46.4 Å². The molecule has 5 rings (SSSR count). The Morgan fingerprint density at radius 1 is 1.12 bits per heavy atom. The Kier molecular flexibility index (Phi) is 12.3. The van der Waals surface area contributed by atoms with E-state index < -0.39 is 17.2 Å². The van der Waals surface area contributed by atoms with Crippen molar-refractivity contribution in [3.05, 3.63) is 11.6 Å². The molecule has 1 amide bonds. The fourth-order valence-electron chi connectivity index (χ4n) is 9.45. The van der Waals surface area contributed by atoms with Gasteiger partial charge in [-0.1, -0.05) is 6.08 Å². The van der Waals surface area contributed by atoms with E-state index in [4.69, 9.17) is 19.9 Å². The second-order valence-corrected chi connectivity index (χ2v) is 15.9. The molecule has 5 fully saturated rings. The van der Waals surface area contributed by atoms with Crippen LogP contribution in [0.15, 0.2) is 11.6 Å². The maximum absolute atomic E-state index is 13.5. The normalized spacial score (nSPS) is 35.8. The lowest BCUT2D eigenvalue weighted by molar-refractivity contribution is -0.706. The van der Waals surface area contributed by atoms with Crippen LogP contribution in [0.3, 0.4) is 0 Å². The first-order valence-electron chi connectivity index (χ1n) is 18.6. The molecular formula is C36H62N4O8+2. The van der Waals surface area contributed by atoms with E-state index in [1.54, 1.807) is 13.0 Å². The monoisotopic (exact) mass is 678 g/mol. The molecule has 9 atom stereocenters. The van der Waals surface area contributed by atoms with Gasteiger partial charge in [0.05, 0.1) is 32.2 Å². The SMILES string of the molecule is CC=C(CCO)C(=O)OC(C)(C)[C@@]1(CC2CC(N)[NH2+]CC2CC(=O)N2CC(C[NH2+]C)C2)CC2CC3CC(CCCO)C(=O)OC3CC2O1. The fourth-order valence-corrected chi connectivity index (χ4v) is 9.45. The third-order valence-corrected chi connectivity index (χ3v) is 12.3. The maximum atomic E-state index is 13.5. The molecule has 4 aliphatic heterocycles. The molecule has 12 heteroatoms. The number of piperidine rings is 1. The first kappa shape index (κ1) is 37.2. The summed E-state index contributed by atoms with van der Waals surface area (Å²) < 4.78 is 19.5.